The number of ether oxygens (including phenoxy) is 1. The molecular weight excluding hydrogens is 309 g/mol. The second kappa shape index (κ2) is 5.28. The molecule has 1 N–H and O–H groups in total. The number of alkyl halides is 3. The van der Waals surface area contributed by atoms with Gasteiger partial charge in [0.15, 0.2) is 0 Å². The minimum absolute atomic E-state index is 0.138. The van der Waals surface area contributed by atoms with Crippen molar-refractivity contribution >= 4 is 5.97 Å². The Morgan fingerprint density at radius 2 is 2.13 bits per heavy atom. The molecule has 3 rings (SSSR count). The van der Waals surface area contributed by atoms with Crippen LogP contribution in [0.2, 0.25) is 0 Å². The van der Waals surface area contributed by atoms with E-state index in [2.05, 4.69) is 6.58 Å². The minimum atomic E-state index is -4.60. The molecule has 0 radical (unpaired) electrons. The molecule has 0 aliphatic heterocycles. The molecule has 2 fully saturated rings. The van der Waals surface area contributed by atoms with Gasteiger partial charge < -0.3 is 9.84 Å². The summed E-state index contributed by atoms with van der Waals surface area (Å²) in [4.78, 5) is 11.1. The van der Waals surface area contributed by atoms with Crippen molar-refractivity contribution in [1.82, 2.24) is 0 Å². The average Bonchev–Trinajstić information content (AvgIpc) is 3.07. The van der Waals surface area contributed by atoms with Crippen LogP contribution in [-0.4, -0.2) is 16.7 Å². The number of benzene rings is 1. The maximum atomic E-state index is 13.2. The van der Waals surface area contributed by atoms with Crippen LogP contribution in [0.25, 0.3) is 0 Å². The first-order valence-corrected chi connectivity index (χ1v) is 7.52. The van der Waals surface area contributed by atoms with Crippen LogP contribution in [0.3, 0.4) is 0 Å². The van der Waals surface area contributed by atoms with Crippen molar-refractivity contribution in [2.24, 2.45) is 11.8 Å². The molecule has 3 nitrogen and oxygen atoms in total. The van der Waals surface area contributed by atoms with Gasteiger partial charge in [0.05, 0.1) is 11.1 Å². The fraction of sp³-hybridized carbons (Fsp3) is 0.471. The molecule has 23 heavy (non-hydrogen) atoms. The second-order valence-electron chi connectivity index (χ2n) is 6.36. The van der Waals surface area contributed by atoms with E-state index in [0.717, 1.165) is 37.5 Å². The zero-order valence-electron chi connectivity index (χ0n) is 12.4. The van der Waals surface area contributed by atoms with E-state index in [1.165, 1.54) is 0 Å². The summed E-state index contributed by atoms with van der Waals surface area (Å²) in [6, 6.07) is 2.67. The van der Waals surface area contributed by atoms with Gasteiger partial charge in [0, 0.05) is 5.92 Å². The Morgan fingerprint density at radius 3 is 2.61 bits per heavy atom. The van der Waals surface area contributed by atoms with Gasteiger partial charge in [-0.1, -0.05) is 6.58 Å². The van der Waals surface area contributed by atoms with E-state index in [-0.39, 0.29) is 11.5 Å². The third-order valence-electron chi connectivity index (χ3n) is 5.02. The smallest absolute Gasteiger partial charge is 0.419 e. The number of carbonyl (C=O) groups is 1. The Labute approximate surface area is 131 Å². The van der Waals surface area contributed by atoms with E-state index >= 15 is 0 Å². The van der Waals surface area contributed by atoms with Gasteiger partial charge >= 0.3 is 12.1 Å². The van der Waals surface area contributed by atoms with Gasteiger partial charge in [0.2, 0.25) is 0 Å². The van der Waals surface area contributed by atoms with E-state index in [4.69, 9.17) is 9.84 Å². The lowest BCUT2D eigenvalue weighted by Crippen LogP contribution is -2.39. The van der Waals surface area contributed by atoms with Crippen molar-refractivity contribution in [2.45, 2.75) is 37.5 Å². The van der Waals surface area contributed by atoms with Crippen LogP contribution < -0.4 is 4.74 Å². The van der Waals surface area contributed by atoms with Gasteiger partial charge in [-0.3, -0.25) is 0 Å². The van der Waals surface area contributed by atoms with Gasteiger partial charge in [-0.15, -0.1) is 0 Å². The fourth-order valence-corrected chi connectivity index (χ4v) is 3.92. The number of aromatic carboxylic acids is 1. The number of halogens is 3. The number of carboxylic acids is 1. The van der Waals surface area contributed by atoms with Gasteiger partial charge in [-0.25, -0.2) is 4.79 Å². The summed E-state index contributed by atoms with van der Waals surface area (Å²) in [5.74, 6) is -1.14. The molecule has 0 aromatic heterocycles. The van der Waals surface area contributed by atoms with Crippen LogP contribution in [0.4, 0.5) is 13.2 Å². The van der Waals surface area contributed by atoms with Crippen LogP contribution in [0.5, 0.6) is 5.75 Å². The van der Waals surface area contributed by atoms with Gasteiger partial charge in [-0.05, 0) is 55.9 Å². The van der Waals surface area contributed by atoms with Crippen LogP contribution in [0, 0.1) is 11.8 Å². The summed E-state index contributed by atoms with van der Waals surface area (Å²) in [5, 5.41) is 9.03. The van der Waals surface area contributed by atoms with Gasteiger partial charge in [0.1, 0.15) is 11.4 Å². The number of hydrogen-bond acceptors (Lipinski definition) is 2. The highest BCUT2D eigenvalue weighted by atomic mass is 19.4. The molecule has 2 aliphatic carbocycles. The topological polar surface area (TPSA) is 46.5 Å². The molecular formula is C17H17F3O3. The third kappa shape index (κ3) is 2.71. The summed E-state index contributed by atoms with van der Waals surface area (Å²) >= 11 is 0. The quantitative estimate of drug-likeness (QED) is 0.827. The monoisotopic (exact) mass is 326 g/mol. The Hall–Kier alpha value is -1.98. The number of fused-ring (bicyclic) bond motifs is 2. The van der Waals surface area contributed by atoms with E-state index in [0.29, 0.717) is 12.3 Å². The van der Waals surface area contributed by atoms with Crippen molar-refractivity contribution in [1.29, 1.82) is 0 Å². The summed E-state index contributed by atoms with van der Waals surface area (Å²) in [6.07, 6.45) is 0.500. The molecule has 0 heterocycles. The fourth-order valence-electron chi connectivity index (χ4n) is 3.92. The first-order chi connectivity index (χ1) is 10.7. The molecule has 2 saturated carbocycles. The van der Waals surface area contributed by atoms with Crippen molar-refractivity contribution in [3.8, 4) is 5.75 Å². The molecule has 2 bridgehead atoms. The van der Waals surface area contributed by atoms with Gasteiger partial charge in [0.25, 0.3) is 0 Å². The van der Waals surface area contributed by atoms with Crippen LogP contribution >= 0.6 is 0 Å². The Balaban J connectivity index is 2.02. The highest BCUT2D eigenvalue weighted by molar-refractivity contribution is 5.88. The zero-order chi connectivity index (χ0) is 16.8. The molecule has 1 aromatic carbocycles. The summed E-state index contributed by atoms with van der Waals surface area (Å²) in [6.45, 7) is 3.76. The largest absolute Gasteiger partial charge is 0.482 e. The molecule has 1 aromatic rings. The third-order valence-corrected chi connectivity index (χ3v) is 5.02. The van der Waals surface area contributed by atoms with Crippen molar-refractivity contribution in [3.05, 3.63) is 42.0 Å². The maximum Gasteiger partial charge on any atom is 0.419 e. The lowest BCUT2D eigenvalue weighted by Gasteiger charge is -2.36. The first-order valence-electron chi connectivity index (χ1n) is 7.52. The molecule has 6 heteroatoms. The first kappa shape index (κ1) is 15.9. The van der Waals surface area contributed by atoms with Crippen molar-refractivity contribution in [3.63, 3.8) is 0 Å². The SMILES string of the molecule is C=CC1(Oc2cc(C(=O)O)ccc2C(F)(F)F)CC2CCC1C2. The molecule has 0 saturated heterocycles. The Kier molecular flexibility index (Phi) is 3.65. The molecule has 3 atom stereocenters. The Bertz CT molecular complexity index is 653. The van der Waals surface area contributed by atoms with E-state index in [9.17, 15) is 18.0 Å². The number of rotatable bonds is 4. The van der Waals surface area contributed by atoms with Crippen molar-refractivity contribution in [2.75, 3.05) is 0 Å². The molecule has 0 amide bonds. The standard InChI is InChI=1S/C17H17F3O3/c1-2-16(9-10-3-5-12(16)7-10)23-14-8-11(15(21)22)4-6-13(14)17(18,19)20/h2,4,6,8,10,12H,1,3,5,7,9H2,(H,21,22). The van der Waals surface area contributed by atoms with E-state index in [1.54, 1.807) is 6.08 Å². The predicted octanol–water partition coefficient (Wildman–Crippen LogP) is 4.53. The number of hydrogen-bond donors (Lipinski definition) is 1. The van der Waals surface area contributed by atoms with Gasteiger partial charge in [-0.2, -0.15) is 13.2 Å². The predicted molar refractivity (Wildman–Crippen MR) is 77.4 cm³/mol. The van der Waals surface area contributed by atoms with E-state index in [1.807, 2.05) is 0 Å². The number of carboxylic acid groups (broad SMARTS) is 1. The highest BCUT2D eigenvalue weighted by Gasteiger charge is 2.52. The molecule has 3 unspecified atom stereocenters. The van der Waals surface area contributed by atoms with E-state index < -0.39 is 29.1 Å². The van der Waals surface area contributed by atoms with Crippen LogP contribution in [0.1, 0.15) is 41.6 Å². The lowest BCUT2D eigenvalue weighted by atomic mass is 9.84. The molecule has 124 valence electrons. The molecule has 2 aliphatic rings. The summed E-state index contributed by atoms with van der Waals surface area (Å²) in [7, 11) is 0. The Morgan fingerprint density at radius 1 is 1.39 bits per heavy atom. The summed E-state index contributed by atoms with van der Waals surface area (Å²) < 4.78 is 45.4. The lowest BCUT2D eigenvalue weighted by molar-refractivity contribution is -0.140. The maximum absolute atomic E-state index is 13.2. The minimum Gasteiger partial charge on any atom is -0.482 e. The summed E-state index contributed by atoms with van der Waals surface area (Å²) in [5.41, 5.74) is -2.01. The normalized spacial score (nSPS) is 29.5. The second-order valence-corrected chi connectivity index (χ2v) is 6.36. The zero-order valence-corrected chi connectivity index (χ0v) is 12.4. The van der Waals surface area contributed by atoms with Crippen LogP contribution in [-0.2, 0) is 6.18 Å². The highest BCUT2D eigenvalue weighted by Crippen LogP contribution is 2.54. The average molecular weight is 326 g/mol. The van der Waals surface area contributed by atoms with Crippen molar-refractivity contribution < 1.29 is 27.8 Å². The van der Waals surface area contributed by atoms with Crippen LogP contribution in [0.15, 0.2) is 30.9 Å². The molecule has 0 spiro atoms.